The van der Waals surface area contributed by atoms with Crippen LogP contribution in [0.15, 0.2) is 72.8 Å². The maximum atomic E-state index is 12.8. The van der Waals surface area contributed by atoms with E-state index in [1.807, 2.05) is 31.2 Å². The Hall–Kier alpha value is -3.80. The van der Waals surface area contributed by atoms with Crippen LogP contribution < -0.4 is 5.32 Å². The summed E-state index contributed by atoms with van der Waals surface area (Å²) in [5.41, 5.74) is 2.98. The van der Waals surface area contributed by atoms with E-state index in [9.17, 15) is 19.7 Å². The lowest BCUT2D eigenvalue weighted by Gasteiger charge is -2.11. The van der Waals surface area contributed by atoms with Gasteiger partial charge in [-0.15, -0.1) is 0 Å². The van der Waals surface area contributed by atoms with E-state index in [-0.39, 0.29) is 23.5 Å². The van der Waals surface area contributed by atoms with Crippen LogP contribution in [0.2, 0.25) is 0 Å². The highest BCUT2D eigenvalue weighted by Crippen LogP contribution is 2.20. The second-order valence-corrected chi connectivity index (χ2v) is 6.39. The predicted octanol–water partition coefficient (Wildman–Crippen LogP) is 4.58. The van der Waals surface area contributed by atoms with Gasteiger partial charge < -0.3 is 5.32 Å². The Morgan fingerprint density at radius 3 is 2.36 bits per heavy atom. The molecule has 140 valence electrons. The number of Topliss-reactive ketones (excluding diaryl/α,β-unsaturated/α-hetero) is 1. The molecule has 6 heteroatoms. The topological polar surface area (TPSA) is 89.3 Å². The number of carbonyl (C=O) groups is 2. The smallest absolute Gasteiger partial charge is 0.269 e. The molecule has 3 rings (SSSR count). The van der Waals surface area contributed by atoms with Crippen LogP contribution in [0.4, 0.5) is 11.4 Å². The first kappa shape index (κ1) is 19.0. The third-order valence-corrected chi connectivity index (χ3v) is 4.26. The SMILES string of the molecule is Cc1cccc(CC(=O)c2ccccc2NC(=O)c2ccc([N+](=O)[O-])cc2)c1. The molecule has 0 aliphatic heterocycles. The third kappa shape index (κ3) is 4.48. The Balaban J connectivity index is 1.78. The van der Waals surface area contributed by atoms with Crippen molar-refractivity contribution in [2.45, 2.75) is 13.3 Å². The monoisotopic (exact) mass is 374 g/mol. The summed E-state index contributed by atoms with van der Waals surface area (Å²) >= 11 is 0. The van der Waals surface area contributed by atoms with Crippen LogP contribution in [0, 0.1) is 17.0 Å². The standard InChI is InChI=1S/C22H18N2O4/c1-15-5-4-6-16(13-15)14-21(25)19-7-2-3-8-20(19)23-22(26)17-9-11-18(12-10-17)24(27)28/h2-13H,14H2,1H3,(H,23,26). The number of nitrogens with one attached hydrogen (secondary N) is 1. The average Bonchev–Trinajstić information content (AvgIpc) is 2.68. The van der Waals surface area contributed by atoms with Gasteiger partial charge in [0.1, 0.15) is 0 Å². The minimum absolute atomic E-state index is 0.0923. The average molecular weight is 374 g/mol. The lowest BCUT2D eigenvalue weighted by atomic mass is 10.00. The number of hydrogen-bond acceptors (Lipinski definition) is 4. The normalized spacial score (nSPS) is 10.3. The van der Waals surface area contributed by atoms with E-state index in [0.717, 1.165) is 11.1 Å². The molecule has 0 aliphatic carbocycles. The van der Waals surface area contributed by atoms with Gasteiger partial charge in [-0.2, -0.15) is 0 Å². The number of aryl methyl sites for hydroxylation is 1. The predicted molar refractivity (Wildman–Crippen MR) is 107 cm³/mol. The van der Waals surface area contributed by atoms with Crippen molar-refractivity contribution in [2.75, 3.05) is 5.32 Å². The van der Waals surface area contributed by atoms with Crippen molar-refractivity contribution in [1.29, 1.82) is 0 Å². The molecule has 6 nitrogen and oxygen atoms in total. The van der Waals surface area contributed by atoms with Crippen LogP contribution in [0.5, 0.6) is 0 Å². The number of benzene rings is 3. The fourth-order valence-corrected chi connectivity index (χ4v) is 2.87. The van der Waals surface area contributed by atoms with Crippen molar-refractivity contribution in [3.63, 3.8) is 0 Å². The van der Waals surface area contributed by atoms with E-state index in [1.165, 1.54) is 24.3 Å². The maximum Gasteiger partial charge on any atom is 0.269 e. The quantitative estimate of drug-likeness (QED) is 0.388. The zero-order valence-electron chi connectivity index (χ0n) is 15.2. The van der Waals surface area contributed by atoms with Gasteiger partial charge in [0.15, 0.2) is 5.78 Å². The molecule has 3 aromatic carbocycles. The van der Waals surface area contributed by atoms with E-state index in [0.29, 0.717) is 11.3 Å². The number of nitrogens with zero attached hydrogens (tertiary/aromatic N) is 1. The Labute approximate surface area is 162 Å². The van der Waals surface area contributed by atoms with Gasteiger partial charge in [0.25, 0.3) is 11.6 Å². The number of amides is 1. The van der Waals surface area contributed by atoms with E-state index in [1.54, 1.807) is 24.3 Å². The van der Waals surface area contributed by atoms with Crippen molar-refractivity contribution in [3.05, 3.63) is 105 Å². The molecule has 28 heavy (non-hydrogen) atoms. The molecule has 0 fully saturated rings. The molecule has 0 saturated carbocycles. The number of ketones is 1. The van der Waals surface area contributed by atoms with Crippen LogP contribution in [0.25, 0.3) is 0 Å². The van der Waals surface area contributed by atoms with Gasteiger partial charge in [0.05, 0.1) is 10.6 Å². The lowest BCUT2D eigenvalue weighted by Crippen LogP contribution is -2.15. The van der Waals surface area contributed by atoms with Gasteiger partial charge in [-0.05, 0) is 36.8 Å². The summed E-state index contributed by atoms with van der Waals surface area (Å²) in [5, 5.41) is 13.5. The largest absolute Gasteiger partial charge is 0.321 e. The zero-order valence-corrected chi connectivity index (χ0v) is 15.2. The molecule has 0 saturated heterocycles. The molecular formula is C22H18N2O4. The summed E-state index contributed by atoms with van der Waals surface area (Å²) in [6, 6.07) is 19.8. The lowest BCUT2D eigenvalue weighted by molar-refractivity contribution is -0.384. The van der Waals surface area contributed by atoms with Crippen LogP contribution in [0.3, 0.4) is 0 Å². The van der Waals surface area contributed by atoms with Crippen molar-refractivity contribution >= 4 is 23.1 Å². The molecule has 1 N–H and O–H groups in total. The van der Waals surface area contributed by atoms with Crippen LogP contribution >= 0.6 is 0 Å². The van der Waals surface area contributed by atoms with Gasteiger partial charge >= 0.3 is 0 Å². The van der Waals surface area contributed by atoms with Crippen molar-refractivity contribution in [2.24, 2.45) is 0 Å². The van der Waals surface area contributed by atoms with Gasteiger partial charge in [0, 0.05) is 29.7 Å². The van der Waals surface area contributed by atoms with E-state index >= 15 is 0 Å². The Bertz CT molecular complexity index is 1040. The zero-order chi connectivity index (χ0) is 20.1. The molecule has 0 spiro atoms. The molecule has 0 atom stereocenters. The van der Waals surface area contributed by atoms with Crippen LogP contribution in [-0.2, 0) is 6.42 Å². The Morgan fingerprint density at radius 1 is 0.964 bits per heavy atom. The van der Waals surface area contributed by atoms with Gasteiger partial charge in [-0.3, -0.25) is 19.7 Å². The Kier molecular flexibility index (Phi) is 5.60. The maximum absolute atomic E-state index is 12.8. The van der Waals surface area contributed by atoms with Crippen LogP contribution in [0.1, 0.15) is 31.8 Å². The van der Waals surface area contributed by atoms with Gasteiger partial charge in [0.2, 0.25) is 0 Å². The molecule has 0 bridgehead atoms. The molecule has 0 aromatic heterocycles. The van der Waals surface area contributed by atoms with E-state index in [2.05, 4.69) is 5.32 Å². The number of nitro groups is 1. The first-order valence-corrected chi connectivity index (χ1v) is 8.67. The molecule has 0 heterocycles. The number of para-hydroxylation sites is 1. The number of nitro benzene ring substituents is 1. The van der Waals surface area contributed by atoms with Gasteiger partial charge in [-0.25, -0.2) is 0 Å². The number of non-ortho nitro benzene ring substituents is 1. The first-order valence-electron chi connectivity index (χ1n) is 8.67. The fraction of sp³-hybridized carbons (Fsp3) is 0.0909. The second-order valence-electron chi connectivity index (χ2n) is 6.39. The Morgan fingerprint density at radius 2 is 1.68 bits per heavy atom. The first-order chi connectivity index (χ1) is 13.4. The summed E-state index contributed by atoms with van der Waals surface area (Å²) in [7, 11) is 0. The molecular weight excluding hydrogens is 356 g/mol. The van der Waals surface area contributed by atoms with Gasteiger partial charge in [-0.1, -0.05) is 42.0 Å². The van der Waals surface area contributed by atoms with Crippen molar-refractivity contribution < 1.29 is 14.5 Å². The van der Waals surface area contributed by atoms with Crippen molar-refractivity contribution in [1.82, 2.24) is 0 Å². The molecule has 3 aromatic rings. The molecule has 1 amide bonds. The van der Waals surface area contributed by atoms with E-state index < -0.39 is 10.8 Å². The van der Waals surface area contributed by atoms with E-state index in [4.69, 9.17) is 0 Å². The molecule has 0 radical (unpaired) electrons. The minimum Gasteiger partial charge on any atom is -0.321 e. The van der Waals surface area contributed by atoms with Crippen LogP contribution in [-0.4, -0.2) is 16.6 Å². The van der Waals surface area contributed by atoms with Crippen molar-refractivity contribution in [3.8, 4) is 0 Å². The highest BCUT2D eigenvalue weighted by molar-refractivity contribution is 6.09. The summed E-state index contributed by atoms with van der Waals surface area (Å²) in [6.07, 6.45) is 0.228. The summed E-state index contributed by atoms with van der Waals surface area (Å²) in [5.74, 6) is -0.545. The highest BCUT2D eigenvalue weighted by Gasteiger charge is 2.15. The summed E-state index contributed by atoms with van der Waals surface area (Å²) in [4.78, 5) is 35.4. The molecule has 0 unspecified atom stereocenters. The summed E-state index contributed by atoms with van der Waals surface area (Å²) < 4.78 is 0. The third-order valence-electron chi connectivity index (χ3n) is 4.26. The highest BCUT2D eigenvalue weighted by atomic mass is 16.6. The number of rotatable bonds is 6. The number of carbonyl (C=O) groups excluding carboxylic acids is 2. The minimum atomic E-state index is -0.527. The molecule has 0 aliphatic rings. The summed E-state index contributed by atoms with van der Waals surface area (Å²) in [6.45, 7) is 1.96. The number of hydrogen-bond donors (Lipinski definition) is 1. The fourth-order valence-electron chi connectivity index (χ4n) is 2.87. The number of anilines is 1. The second kappa shape index (κ2) is 8.26.